The Labute approximate surface area is 126 Å². The standard InChI is InChI=1S/C15H14ClNO3/c1-9(18)11-5-4-10(16)6-12(11)13-7-15(20-3)17-8-14(13)19-2/h4-8H,1-3H3/i1D3. The molecule has 0 spiro atoms. The molecule has 2 rings (SSSR count). The fraction of sp³-hybridized carbons (Fsp3) is 0.200. The van der Waals surface area contributed by atoms with Crippen LogP contribution in [0.5, 0.6) is 11.6 Å². The van der Waals surface area contributed by atoms with Gasteiger partial charge in [-0.1, -0.05) is 11.6 Å². The Morgan fingerprint density at radius 1 is 1.25 bits per heavy atom. The van der Waals surface area contributed by atoms with Crippen molar-refractivity contribution in [1.82, 2.24) is 4.98 Å². The predicted octanol–water partition coefficient (Wildman–Crippen LogP) is 3.62. The molecule has 4 nitrogen and oxygen atoms in total. The van der Waals surface area contributed by atoms with Gasteiger partial charge in [-0.15, -0.1) is 0 Å². The molecule has 0 aliphatic carbocycles. The Morgan fingerprint density at radius 3 is 2.70 bits per heavy atom. The van der Waals surface area contributed by atoms with Crippen LogP contribution in [0.4, 0.5) is 0 Å². The zero-order valence-corrected chi connectivity index (χ0v) is 11.7. The van der Waals surface area contributed by atoms with Crippen molar-refractivity contribution in [2.24, 2.45) is 0 Å². The molecule has 1 aromatic heterocycles. The number of carbonyl (C=O) groups is 1. The molecule has 2 aromatic rings. The molecule has 0 fully saturated rings. The molecule has 1 aromatic carbocycles. The van der Waals surface area contributed by atoms with Gasteiger partial charge in [0.1, 0.15) is 5.75 Å². The zero-order chi connectivity index (χ0) is 17.2. The van der Waals surface area contributed by atoms with Crippen LogP contribution in [0.2, 0.25) is 5.02 Å². The van der Waals surface area contributed by atoms with Crippen molar-refractivity contribution in [1.29, 1.82) is 0 Å². The van der Waals surface area contributed by atoms with Crippen LogP contribution >= 0.6 is 11.6 Å². The van der Waals surface area contributed by atoms with Gasteiger partial charge >= 0.3 is 0 Å². The van der Waals surface area contributed by atoms with Crippen molar-refractivity contribution in [2.75, 3.05) is 14.2 Å². The van der Waals surface area contributed by atoms with Crippen molar-refractivity contribution in [3.05, 3.63) is 41.0 Å². The first kappa shape index (κ1) is 10.7. The Kier molecular flexibility index (Phi) is 3.17. The molecule has 0 unspecified atom stereocenters. The number of ether oxygens (including phenoxy) is 2. The van der Waals surface area contributed by atoms with Gasteiger partial charge in [0.2, 0.25) is 5.88 Å². The minimum Gasteiger partial charge on any atom is -0.494 e. The maximum Gasteiger partial charge on any atom is 0.213 e. The second kappa shape index (κ2) is 5.92. The minimum atomic E-state index is -2.76. The van der Waals surface area contributed by atoms with Gasteiger partial charge in [-0.25, -0.2) is 4.98 Å². The van der Waals surface area contributed by atoms with E-state index in [0.717, 1.165) is 0 Å². The van der Waals surface area contributed by atoms with E-state index in [1.165, 1.54) is 38.6 Å². The highest BCUT2D eigenvalue weighted by molar-refractivity contribution is 6.31. The molecule has 0 saturated heterocycles. The second-order valence-corrected chi connectivity index (χ2v) is 4.38. The van der Waals surface area contributed by atoms with E-state index in [4.69, 9.17) is 25.2 Å². The molecule has 0 aliphatic heterocycles. The van der Waals surface area contributed by atoms with E-state index in [1.54, 1.807) is 6.07 Å². The fourth-order valence-electron chi connectivity index (χ4n) is 1.85. The molecule has 20 heavy (non-hydrogen) atoms. The number of ketones is 1. The number of methoxy groups -OCH3 is 2. The molecule has 1 heterocycles. The summed E-state index contributed by atoms with van der Waals surface area (Å²) in [5, 5.41) is 0.361. The Bertz CT molecular complexity index is 747. The first-order valence-corrected chi connectivity index (χ1v) is 6.08. The maximum absolute atomic E-state index is 12.2. The highest BCUT2D eigenvalue weighted by Crippen LogP contribution is 2.35. The zero-order valence-electron chi connectivity index (χ0n) is 13.9. The van der Waals surface area contributed by atoms with Crippen LogP contribution in [-0.2, 0) is 0 Å². The van der Waals surface area contributed by atoms with Gasteiger partial charge in [-0.05, 0) is 30.6 Å². The maximum atomic E-state index is 12.2. The molecule has 104 valence electrons. The molecule has 0 N–H and O–H groups in total. The lowest BCUT2D eigenvalue weighted by Gasteiger charge is -2.13. The lowest BCUT2D eigenvalue weighted by molar-refractivity contribution is 0.101. The third-order valence-electron chi connectivity index (χ3n) is 2.79. The van der Waals surface area contributed by atoms with E-state index in [9.17, 15) is 4.79 Å². The number of rotatable bonds is 4. The summed E-state index contributed by atoms with van der Waals surface area (Å²) in [6.45, 7) is -2.76. The van der Waals surface area contributed by atoms with Gasteiger partial charge in [0, 0.05) is 26.3 Å². The smallest absolute Gasteiger partial charge is 0.213 e. The van der Waals surface area contributed by atoms with E-state index in [1.807, 2.05) is 0 Å². The van der Waals surface area contributed by atoms with E-state index < -0.39 is 12.6 Å². The fourth-order valence-corrected chi connectivity index (χ4v) is 2.02. The van der Waals surface area contributed by atoms with Gasteiger partial charge in [0.15, 0.2) is 5.78 Å². The summed E-state index contributed by atoms with van der Waals surface area (Å²) >= 11 is 6.02. The summed E-state index contributed by atoms with van der Waals surface area (Å²) in [7, 11) is 2.90. The molecule has 0 aliphatic rings. The summed E-state index contributed by atoms with van der Waals surface area (Å²) in [4.78, 5) is 16.3. The van der Waals surface area contributed by atoms with Crippen LogP contribution in [0.1, 0.15) is 21.3 Å². The molecular weight excluding hydrogens is 278 g/mol. The average molecular weight is 295 g/mol. The number of carbonyl (C=O) groups excluding carboxylic acids is 1. The summed E-state index contributed by atoms with van der Waals surface area (Å²) in [6.07, 6.45) is 1.43. The largest absolute Gasteiger partial charge is 0.494 e. The lowest BCUT2D eigenvalue weighted by atomic mass is 9.97. The first-order valence-electron chi connectivity index (χ1n) is 7.20. The van der Waals surface area contributed by atoms with Crippen LogP contribution < -0.4 is 9.47 Å². The van der Waals surface area contributed by atoms with Crippen LogP contribution in [0, 0.1) is 0 Å². The highest BCUT2D eigenvalue weighted by atomic mass is 35.5. The van der Waals surface area contributed by atoms with Gasteiger partial charge in [-0.2, -0.15) is 0 Å². The minimum absolute atomic E-state index is 0.0287. The lowest BCUT2D eigenvalue weighted by Crippen LogP contribution is -1.99. The Morgan fingerprint density at radius 2 is 2.05 bits per heavy atom. The first-order chi connectivity index (χ1) is 10.8. The van der Waals surface area contributed by atoms with Crippen molar-refractivity contribution in [3.63, 3.8) is 0 Å². The summed E-state index contributed by atoms with van der Waals surface area (Å²) in [6, 6.07) is 5.92. The topological polar surface area (TPSA) is 48.4 Å². The van der Waals surface area contributed by atoms with Crippen molar-refractivity contribution in [2.45, 2.75) is 6.85 Å². The number of benzene rings is 1. The number of Topliss-reactive ketones (excluding diaryl/α,β-unsaturated/α-hetero) is 1. The molecule has 0 radical (unpaired) electrons. The molecule has 0 atom stereocenters. The summed E-state index contributed by atoms with van der Waals surface area (Å²) in [5.41, 5.74) is 0.839. The normalized spacial score (nSPS) is 13.1. The molecule has 5 heteroatoms. The number of hydrogen-bond acceptors (Lipinski definition) is 4. The second-order valence-electron chi connectivity index (χ2n) is 3.95. The molecular formula is C15H14ClNO3. The van der Waals surface area contributed by atoms with E-state index in [2.05, 4.69) is 4.98 Å². The third kappa shape index (κ3) is 2.75. The van der Waals surface area contributed by atoms with Crippen LogP contribution in [0.3, 0.4) is 0 Å². The number of hydrogen-bond donors (Lipinski definition) is 0. The van der Waals surface area contributed by atoms with Gasteiger partial charge in [0.25, 0.3) is 0 Å². The van der Waals surface area contributed by atoms with Gasteiger partial charge < -0.3 is 9.47 Å². The molecule has 0 amide bonds. The Balaban J connectivity index is 2.72. The average Bonchev–Trinajstić information content (AvgIpc) is 2.52. The number of aromatic nitrogens is 1. The van der Waals surface area contributed by atoms with E-state index >= 15 is 0 Å². The van der Waals surface area contributed by atoms with E-state index in [-0.39, 0.29) is 5.56 Å². The van der Waals surface area contributed by atoms with Crippen LogP contribution in [0.15, 0.2) is 30.5 Å². The van der Waals surface area contributed by atoms with E-state index in [0.29, 0.717) is 27.8 Å². The quantitative estimate of drug-likeness (QED) is 0.808. The molecule has 0 saturated carbocycles. The summed E-state index contributed by atoms with van der Waals surface area (Å²) in [5.74, 6) is -0.303. The summed E-state index contributed by atoms with van der Waals surface area (Å²) < 4.78 is 32.4. The van der Waals surface area contributed by atoms with Crippen LogP contribution in [0.25, 0.3) is 11.1 Å². The van der Waals surface area contributed by atoms with Crippen LogP contribution in [-0.4, -0.2) is 25.0 Å². The predicted molar refractivity (Wildman–Crippen MR) is 77.8 cm³/mol. The monoisotopic (exact) mass is 294 g/mol. The highest BCUT2D eigenvalue weighted by Gasteiger charge is 2.15. The van der Waals surface area contributed by atoms with Gasteiger partial charge in [0.05, 0.1) is 20.4 Å². The van der Waals surface area contributed by atoms with Gasteiger partial charge in [-0.3, -0.25) is 4.79 Å². The van der Waals surface area contributed by atoms with Crippen molar-refractivity contribution >= 4 is 17.4 Å². The Hall–Kier alpha value is -2.07. The molecule has 0 bridgehead atoms. The van der Waals surface area contributed by atoms with Crippen molar-refractivity contribution < 1.29 is 18.4 Å². The number of nitrogens with zero attached hydrogens (tertiary/aromatic N) is 1. The van der Waals surface area contributed by atoms with Crippen molar-refractivity contribution in [3.8, 4) is 22.8 Å². The third-order valence-corrected chi connectivity index (χ3v) is 3.02. The number of halogens is 1. The SMILES string of the molecule is [2H]C([2H])([2H])C(=O)c1ccc(Cl)cc1-c1cc(OC)ncc1OC. The number of pyridine rings is 1.